The minimum Gasteiger partial charge on any atom is -0.348 e. The van der Waals surface area contributed by atoms with Gasteiger partial charge in [-0.15, -0.1) is 0 Å². The number of allylic oxidation sites excluding steroid dienone is 1. The fourth-order valence-electron chi connectivity index (χ4n) is 2.11. The molecule has 0 aromatic rings. The van der Waals surface area contributed by atoms with Crippen LogP contribution >= 0.6 is 0 Å². The smallest absolute Gasteiger partial charge is 0.163 e. The summed E-state index contributed by atoms with van der Waals surface area (Å²) in [5.41, 5.74) is 1.21. The van der Waals surface area contributed by atoms with Crippen molar-refractivity contribution in [2.75, 3.05) is 6.61 Å². The number of aldehydes is 1. The normalized spacial score (nSPS) is 38.3. The molecular formula is C11H16O3. The summed E-state index contributed by atoms with van der Waals surface area (Å²) in [4.78, 5) is 10.3. The standard InChI is InChI=1S/C11H16O3/c1-11(2)13-7-10(14-11)9-4-3-8(9)5-6-12/h5-6,9-10H,3-4,7H2,1-2H3/b8-5-/t9-,10+/m0/s1. The summed E-state index contributed by atoms with van der Waals surface area (Å²) in [5.74, 6) is -0.0472. The molecule has 0 amide bonds. The molecule has 0 bridgehead atoms. The van der Waals surface area contributed by atoms with Gasteiger partial charge in [-0.25, -0.2) is 0 Å². The lowest BCUT2D eigenvalue weighted by atomic mass is 9.76. The Labute approximate surface area is 84.1 Å². The highest BCUT2D eigenvalue weighted by Crippen LogP contribution is 2.41. The quantitative estimate of drug-likeness (QED) is 0.498. The Morgan fingerprint density at radius 2 is 2.29 bits per heavy atom. The molecule has 0 N–H and O–H groups in total. The average Bonchev–Trinajstić information content (AvgIpc) is 2.40. The highest BCUT2D eigenvalue weighted by molar-refractivity contribution is 5.66. The summed E-state index contributed by atoms with van der Waals surface area (Å²) in [6, 6.07) is 0. The van der Waals surface area contributed by atoms with Crippen molar-refractivity contribution in [3.05, 3.63) is 11.6 Å². The minimum atomic E-state index is -0.452. The van der Waals surface area contributed by atoms with Gasteiger partial charge in [-0.05, 0) is 32.8 Å². The van der Waals surface area contributed by atoms with Gasteiger partial charge < -0.3 is 9.47 Å². The molecule has 2 rings (SSSR count). The van der Waals surface area contributed by atoms with Gasteiger partial charge in [-0.3, -0.25) is 4.79 Å². The molecule has 1 aliphatic heterocycles. The molecule has 1 saturated carbocycles. The lowest BCUT2D eigenvalue weighted by molar-refractivity contribution is -0.144. The van der Waals surface area contributed by atoms with E-state index in [1.807, 2.05) is 13.8 Å². The van der Waals surface area contributed by atoms with Crippen LogP contribution in [0.1, 0.15) is 26.7 Å². The summed E-state index contributed by atoms with van der Waals surface area (Å²) in [6.45, 7) is 4.50. The van der Waals surface area contributed by atoms with Gasteiger partial charge in [0.15, 0.2) is 5.79 Å². The van der Waals surface area contributed by atoms with E-state index in [0.717, 1.165) is 19.1 Å². The van der Waals surface area contributed by atoms with Gasteiger partial charge in [0.1, 0.15) is 6.29 Å². The molecule has 0 unspecified atom stereocenters. The van der Waals surface area contributed by atoms with Crippen molar-refractivity contribution in [1.29, 1.82) is 0 Å². The Balaban J connectivity index is 1.98. The van der Waals surface area contributed by atoms with Crippen LogP contribution in [0, 0.1) is 5.92 Å². The van der Waals surface area contributed by atoms with Crippen LogP contribution in [-0.2, 0) is 14.3 Å². The monoisotopic (exact) mass is 196 g/mol. The van der Waals surface area contributed by atoms with Gasteiger partial charge in [-0.1, -0.05) is 5.57 Å². The van der Waals surface area contributed by atoms with Crippen LogP contribution in [0.4, 0.5) is 0 Å². The fraction of sp³-hybridized carbons (Fsp3) is 0.727. The van der Waals surface area contributed by atoms with Gasteiger partial charge in [-0.2, -0.15) is 0 Å². The number of carbonyl (C=O) groups is 1. The third kappa shape index (κ3) is 1.74. The SMILES string of the molecule is CC1(C)OC[C@H]([C@H]2CC/C2=C/C=O)O1. The van der Waals surface area contributed by atoms with E-state index >= 15 is 0 Å². The largest absolute Gasteiger partial charge is 0.348 e. The van der Waals surface area contributed by atoms with E-state index < -0.39 is 5.79 Å². The Morgan fingerprint density at radius 3 is 2.71 bits per heavy atom. The van der Waals surface area contributed by atoms with Crippen molar-refractivity contribution in [2.45, 2.75) is 38.6 Å². The van der Waals surface area contributed by atoms with E-state index in [0.29, 0.717) is 12.5 Å². The van der Waals surface area contributed by atoms with Crippen LogP contribution in [0.3, 0.4) is 0 Å². The van der Waals surface area contributed by atoms with Gasteiger partial charge >= 0.3 is 0 Å². The van der Waals surface area contributed by atoms with Gasteiger partial charge in [0, 0.05) is 5.92 Å². The Bertz CT molecular complexity index is 268. The number of carbonyl (C=O) groups excluding carboxylic acids is 1. The number of ether oxygens (including phenoxy) is 2. The Morgan fingerprint density at radius 1 is 1.50 bits per heavy atom. The number of hydrogen-bond donors (Lipinski definition) is 0. The maximum atomic E-state index is 10.3. The molecule has 14 heavy (non-hydrogen) atoms. The van der Waals surface area contributed by atoms with Crippen LogP contribution < -0.4 is 0 Å². The topological polar surface area (TPSA) is 35.5 Å². The predicted molar refractivity (Wildman–Crippen MR) is 51.8 cm³/mol. The molecule has 1 heterocycles. The van der Waals surface area contributed by atoms with Crippen molar-refractivity contribution < 1.29 is 14.3 Å². The highest BCUT2D eigenvalue weighted by atomic mass is 16.7. The number of rotatable bonds is 2. The molecule has 0 aromatic heterocycles. The molecule has 78 valence electrons. The van der Waals surface area contributed by atoms with Gasteiger partial charge in [0.2, 0.25) is 0 Å². The molecule has 2 aliphatic rings. The van der Waals surface area contributed by atoms with Crippen molar-refractivity contribution in [3.63, 3.8) is 0 Å². The lowest BCUT2D eigenvalue weighted by Gasteiger charge is -2.33. The lowest BCUT2D eigenvalue weighted by Crippen LogP contribution is -2.33. The van der Waals surface area contributed by atoms with E-state index in [-0.39, 0.29) is 6.10 Å². The van der Waals surface area contributed by atoms with Crippen molar-refractivity contribution >= 4 is 6.29 Å². The highest BCUT2D eigenvalue weighted by Gasteiger charge is 2.41. The van der Waals surface area contributed by atoms with E-state index in [4.69, 9.17) is 9.47 Å². The second-order valence-electron chi connectivity index (χ2n) is 4.39. The van der Waals surface area contributed by atoms with Crippen molar-refractivity contribution in [1.82, 2.24) is 0 Å². The first-order valence-electron chi connectivity index (χ1n) is 5.08. The second-order valence-corrected chi connectivity index (χ2v) is 4.39. The zero-order valence-corrected chi connectivity index (χ0v) is 8.66. The van der Waals surface area contributed by atoms with E-state index in [2.05, 4.69) is 0 Å². The number of hydrogen-bond acceptors (Lipinski definition) is 3. The van der Waals surface area contributed by atoms with Crippen LogP contribution in [0.5, 0.6) is 0 Å². The van der Waals surface area contributed by atoms with Crippen LogP contribution in [-0.4, -0.2) is 24.8 Å². The maximum absolute atomic E-state index is 10.3. The summed E-state index contributed by atoms with van der Waals surface area (Å²) in [6.07, 6.45) is 4.82. The van der Waals surface area contributed by atoms with Gasteiger partial charge in [0.05, 0.1) is 12.7 Å². The zero-order chi connectivity index (χ0) is 10.2. The zero-order valence-electron chi connectivity index (χ0n) is 8.66. The fourth-order valence-corrected chi connectivity index (χ4v) is 2.11. The third-order valence-electron chi connectivity index (χ3n) is 2.98. The first-order valence-corrected chi connectivity index (χ1v) is 5.08. The minimum absolute atomic E-state index is 0.143. The summed E-state index contributed by atoms with van der Waals surface area (Å²) >= 11 is 0. The van der Waals surface area contributed by atoms with Crippen LogP contribution in [0.2, 0.25) is 0 Å². The molecule has 2 fully saturated rings. The molecule has 1 saturated heterocycles. The summed E-state index contributed by atoms with van der Waals surface area (Å²) in [7, 11) is 0. The third-order valence-corrected chi connectivity index (χ3v) is 2.98. The predicted octanol–water partition coefficient (Wildman–Crippen LogP) is 1.67. The molecule has 1 aliphatic carbocycles. The van der Waals surface area contributed by atoms with Crippen molar-refractivity contribution in [2.24, 2.45) is 5.92 Å². The second kappa shape index (κ2) is 3.48. The first kappa shape index (κ1) is 9.87. The van der Waals surface area contributed by atoms with E-state index in [1.165, 1.54) is 5.57 Å². The van der Waals surface area contributed by atoms with E-state index in [9.17, 15) is 4.79 Å². The van der Waals surface area contributed by atoms with E-state index in [1.54, 1.807) is 6.08 Å². The van der Waals surface area contributed by atoms with Gasteiger partial charge in [0.25, 0.3) is 0 Å². The Kier molecular flexibility index (Phi) is 2.45. The molecule has 0 radical (unpaired) electrons. The average molecular weight is 196 g/mol. The molecule has 3 heteroatoms. The maximum Gasteiger partial charge on any atom is 0.163 e. The van der Waals surface area contributed by atoms with Crippen LogP contribution in [0.25, 0.3) is 0 Å². The first-order chi connectivity index (χ1) is 6.62. The molecule has 2 atom stereocenters. The summed E-state index contributed by atoms with van der Waals surface area (Å²) < 4.78 is 11.2. The Hall–Kier alpha value is -0.670. The summed E-state index contributed by atoms with van der Waals surface area (Å²) in [5, 5.41) is 0. The van der Waals surface area contributed by atoms with Crippen molar-refractivity contribution in [3.8, 4) is 0 Å². The van der Waals surface area contributed by atoms with Crippen LogP contribution in [0.15, 0.2) is 11.6 Å². The molecule has 0 aromatic carbocycles. The molecular weight excluding hydrogens is 180 g/mol. The molecule has 3 nitrogen and oxygen atoms in total. The molecule has 0 spiro atoms.